The smallest absolute Gasteiger partial charge is 0.241 e. The van der Waals surface area contributed by atoms with Crippen molar-refractivity contribution in [3.05, 3.63) is 65.2 Å². The van der Waals surface area contributed by atoms with Crippen LogP contribution in [0.25, 0.3) is 0 Å². The van der Waals surface area contributed by atoms with Crippen molar-refractivity contribution in [3.63, 3.8) is 0 Å². The van der Waals surface area contributed by atoms with Crippen LogP contribution in [0.3, 0.4) is 0 Å². The Morgan fingerprint density at radius 2 is 1.78 bits per heavy atom. The third-order valence-corrected chi connectivity index (χ3v) is 3.67. The summed E-state index contributed by atoms with van der Waals surface area (Å²) in [6.07, 6.45) is 0. The summed E-state index contributed by atoms with van der Waals surface area (Å²) in [5.74, 6) is 0.570. The number of amides is 1. The first-order chi connectivity index (χ1) is 10.5. The fourth-order valence-corrected chi connectivity index (χ4v) is 2.22. The number of nitrogens with two attached hydrogens (primary N) is 1. The van der Waals surface area contributed by atoms with Crippen LogP contribution in [0.15, 0.2) is 48.5 Å². The van der Waals surface area contributed by atoms with Gasteiger partial charge in [0, 0.05) is 0 Å². The SMILES string of the molecule is COc1cccc(C(C)NC(=O)C(N)c2ccc(C)cc2)c1.Cl. The molecule has 1 amide bonds. The summed E-state index contributed by atoms with van der Waals surface area (Å²) in [5.41, 5.74) is 8.96. The van der Waals surface area contributed by atoms with E-state index in [1.165, 1.54) is 0 Å². The quantitative estimate of drug-likeness (QED) is 0.881. The van der Waals surface area contributed by atoms with Gasteiger partial charge in [-0.25, -0.2) is 0 Å². The lowest BCUT2D eigenvalue weighted by Crippen LogP contribution is -2.35. The lowest BCUT2D eigenvalue weighted by atomic mass is 10.0. The molecule has 2 aromatic rings. The molecule has 2 atom stereocenters. The first-order valence-electron chi connectivity index (χ1n) is 7.27. The molecule has 124 valence electrons. The first kappa shape index (κ1) is 19.0. The van der Waals surface area contributed by atoms with E-state index < -0.39 is 6.04 Å². The molecule has 5 heteroatoms. The molecule has 0 saturated heterocycles. The van der Waals surface area contributed by atoms with Crippen molar-refractivity contribution in [2.45, 2.75) is 25.9 Å². The molecule has 2 unspecified atom stereocenters. The van der Waals surface area contributed by atoms with Gasteiger partial charge in [-0.2, -0.15) is 0 Å². The van der Waals surface area contributed by atoms with E-state index in [2.05, 4.69) is 5.32 Å². The van der Waals surface area contributed by atoms with Gasteiger partial charge >= 0.3 is 0 Å². The van der Waals surface area contributed by atoms with Crippen molar-refractivity contribution in [2.75, 3.05) is 7.11 Å². The van der Waals surface area contributed by atoms with Gasteiger partial charge < -0.3 is 15.8 Å². The van der Waals surface area contributed by atoms with E-state index in [0.29, 0.717) is 0 Å². The number of hydrogen-bond acceptors (Lipinski definition) is 3. The van der Waals surface area contributed by atoms with Crippen molar-refractivity contribution >= 4 is 18.3 Å². The summed E-state index contributed by atoms with van der Waals surface area (Å²) < 4.78 is 5.20. The molecule has 2 rings (SSSR count). The third-order valence-electron chi connectivity index (χ3n) is 3.67. The molecule has 2 aromatic carbocycles. The topological polar surface area (TPSA) is 64.3 Å². The van der Waals surface area contributed by atoms with E-state index in [0.717, 1.165) is 22.4 Å². The number of nitrogens with one attached hydrogen (secondary N) is 1. The van der Waals surface area contributed by atoms with Gasteiger partial charge in [-0.05, 0) is 37.1 Å². The van der Waals surface area contributed by atoms with Crippen LogP contribution in [0.4, 0.5) is 0 Å². The van der Waals surface area contributed by atoms with Gasteiger partial charge in [0.15, 0.2) is 0 Å². The molecule has 0 heterocycles. The number of rotatable bonds is 5. The fourth-order valence-electron chi connectivity index (χ4n) is 2.22. The number of ether oxygens (including phenoxy) is 1. The van der Waals surface area contributed by atoms with Gasteiger partial charge in [0.2, 0.25) is 5.91 Å². The summed E-state index contributed by atoms with van der Waals surface area (Å²) in [5, 5.41) is 2.94. The van der Waals surface area contributed by atoms with Crippen LogP contribution in [-0.2, 0) is 4.79 Å². The van der Waals surface area contributed by atoms with Crippen LogP contribution in [0.2, 0.25) is 0 Å². The molecule has 3 N–H and O–H groups in total. The number of carbonyl (C=O) groups excluding carboxylic acids is 1. The summed E-state index contributed by atoms with van der Waals surface area (Å²) in [6.45, 7) is 3.93. The maximum Gasteiger partial charge on any atom is 0.241 e. The van der Waals surface area contributed by atoms with Crippen molar-refractivity contribution in [3.8, 4) is 5.75 Å². The van der Waals surface area contributed by atoms with Crippen LogP contribution < -0.4 is 15.8 Å². The Bertz CT molecular complexity index is 644. The molecular formula is C18H23ClN2O2. The maximum atomic E-state index is 12.3. The van der Waals surface area contributed by atoms with Gasteiger partial charge in [-0.15, -0.1) is 12.4 Å². The molecule has 4 nitrogen and oxygen atoms in total. The van der Waals surface area contributed by atoms with Crippen LogP contribution in [0.5, 0.6) is 5.75 Å². The van der Waals surface area contributed by atoms with E-state index in [1.54, 1.807) is 7.11 Å². The number of carbonyl (C=O) groups is 1. The Morgan fingerprint density at radius 3 is 2.39 bits per heavy atom. The Kier molecular flexibility index (Phi) is 7.07. The standard InChI is InChI=1S/C18H22N2O2.ClH/c1-12-7-9-14(10-8-12)17(19)18(21)20-13(2)15-5-4-6-16(11-15)22-3;/h4-11,13,17H,19H2,1-3H3,(H,20,21);1H. The van der Waals surface area contributed by atoms with E-state index in [4.69, 9.17) is 10.5 Å². The Balaban J connectivity index is 0.00000264. The predicted octanol–water partition coefficient (Wildman–Crippen LogP) is 3.30. The summed E-state index contributed by atoms with van der Waals surface area (Å²) >= 11 is 0. The monoisotopic (exact) mass is 334 g/mol. The summed E-state index contributed by atoms with van der Waals surface area (Å²) in [6, 6.07) is 14.5. The number of aryl methyl sites for hydroxylation is 1. The predicted molar refractivity (Wildman–Crippen MR) is 94.9 cm³/mol. The molecular weight excluding hydrogens is 312 g/mol. The van der Waals surface area contributed by atoms with Gasteiger partial charge in [-0.1, -0.05) is 42.0 Å². The molecule has 0 aliphatic heterocycles. The largest absolute Gasteiger partial charge is 0.497 e. The second-order valence-electron chi connectivity index (χ2n) is 5.40. The minimum Gasteiger partial charge on any atom is -0.497 e. The molecule has 0 spiro atoms. The minimum atomic E-state index is -0.673. The molecule has 0 aromatic heterocycles. The van der Waals surface area contributed by atoms with E-state index in [9.17, 15) is 4.79 Å². The van der Waals surface area contributed by atoms with Crippen LogP contribution in [-0.4, -0.2) is 13.0 Å². The van der Waals surface area contributed by atoms with Crippen LogP contribution in [0, 0.1) is 6.92 Å². The molecule has 0 radical (unpaired) electrons. The highest BCUT2D eigenvalue weighted by atomic mass is 35.5. The molecule has 0 aliphatic carbocycles. The number of hydrogen-bond donors (Lipinski definition) is 2. The Morgan fingerprint density at radius 1 is 1.13 bits per heavy atom. The Hall–Kier alpha value is -2.04. The third kappa shape index (κ3) is 4.98. The lowest BCUT2D eigenvalue weighted by Gasteiger charge is -2.18. The highest BCUT2D eigenvalue weighted by Gasteiger charge is 2.18. The highest BCUT2D eigenvalue weighted by Crippen LogP contribution is 2.20. The zero-order valence-electron chi connectivity index (χ0n) is 13.6. The average Bonchev–Trinajstić information content (AvgIpc) is 2.54. The number of benzene rings is 2. The van der Waals surface area contributed by atoms with E-state index >= 15 is 0 Å². The zero-order valence-corrected chi connectivity index (χ0v) is 14.4. The lowest BCUT2D eigenvalue weighted by molar-refractivity contribution is -0.123. The maximum absolute atomic E-state index is 12.3. The Labute approximate surface area is 143 Å². The van der Waals surface area contributed by atoms with Gasteiger partial charge in [0.1, 0.15) is 11.8 Å². The van der Waals surface area contributed by atoms with Gasteiger partial charge in [-0.3, -0.25) is 4.79 Å². The van der Waals surface area contributed by atoms with Crippen molar-refractivity contribution in [1.82, 2.24) is 5.32 Å². The first-order valence-corrected chi connectivity index (χ1v) is 7.27. The number of methoxy groups -OCH3 is 1. The molecule has 0 fully saturated rings. The van der Waals surface area contributed by atoms with Gasteiger partial charge in [0.05, 0.1) is 13.2 Å². The summed E-state index contributed by atoms with van der Waals surface area (Å²) in [4.78, 5) is 12.3. The summed E-state index contributed by atoms with van der Waals surface area (Å²) in [7, 11) is 1.62. The molecule has 0 saturated carbocycles. The second kappa shape index (κ2) is 8.56. The van der Waals surface area contributed by atoms with E-state index in [-0.39, 0.29) is 24.4 Å². The normalized spacial score (nSPS) is 12.7. The molecule has 23 heavy (non-hydrogen) atoms. The van der Waals surface area contributed by atoms with Crippen molar-refractivity contribution < 1.29 is 9.53 Å². The minimum absolute atomic E-state index is 0. The van der Waals surface area contributed by atoms with Crippen LogP contribution in [0.1, 0.15) is 35.7 Å². The zero-order chi connectivity index (χ0) is 16.1. The molecule has 0 bridgehead atoms. The van der Waals surface area contributed by atoms with Crippen LogP contribution >= 0.6 is 12.4 Å². The second-order valence-corrected chi connectivity index (χ2v) is 5.40. The number of halogens is 1. The fraction of sp³-hybridized carbons (Fsp3) is 0.278. The average molecular weight is 335 g/mol. The van der Waals surface area contributed by atoms with Gasteiger partial charge in [0.25, 0.3) is 0 Å². The van der Waals surface area contributed by atoms with Crippen molar-refractivity contribution in [2.24, 2.45) is 5.73 Å². The van der Waals surface area contributed by atoms with E-state index in [1.807, 2.05) is 62.4 Å². The molecule has 0 aliphatic rings. The highest BCUT2D eigenvalue weighted by molar-refractivity contribution is 5.85. The van der Waals surface area contributed by atoms with Crippen molar-refractivity contribution in [1.29, 1.82) is 0 Å².